The van der Waals surface area contributed by atoms with Crippen LogP contribution < -0.4 is 5.56 Å². The number of Topliss-reactive ketones (excluding diaryl/α,β-unsaturated/α-hetero) is 1. The quantitative estimate of drug-likeness (QED) is 0.214. The number of aromatic hydroxyl groups is 1. The van der Waals surface area contributed by atoms with Crippen LogP contribution in [0.2, 0.25) is 0 Å². The molecule has 1 aliphatic rings. The molecule has 0 aliphatic carbocycles. The van der Waals surface area contributed by atoms with E-state index in [0.29, 0.717) is 30.1 Å². The lowest BCUT2D eigenvalue weighted by Crippen LogP contribution is -2.31. The molecule has 1 fully saturated rings. The third-order valence-electron chi connectivity index (χ3n) is 5.56. The van der Waals surface area contributed by atoms with Gasteiger partial charge in [0.25, 0.3) is 11.5 Å². The van der Waals surface area contributed by atoms with Crippen molar-refractivity contribution in [3.63, 3.8) is 0 Å². The highest BCUT2D eigenvalue weighted by Crippen LogP contribution is 2.33. The molecule has 0 radical (unpaired) electrons. The minimum Gasteiger partial charge on any atom is -0.494 e. The van der Waals surface area contributed by atoms with Gasteiger partial charge in [-0.25, -0.2) is 4.39 Å². The van der Waals surface area contributed by atoms with Gasteiger partial charge in [-0.1, -0.05) is 36.1 Å². The van der Waals surface area contributed by atoms with Crippen LogP contribution in [0.3, 0.4) is 0 Å². The number of hydrogen-bond donors (Lipinski definition) is 1. The summed E-state index contributed by atoms with van der Waals surface area (Å²) in [4.78, 5) is 40.3. The number of thioether (sulfide) groups is 1. The Bertz CT molecular complexity index is 1330. The van der Waals surface area contributed by atoms with Crippen molar-refractivity contribution < 1.29 is 23.8 Å². The molecule has 36 heavy (non-hydrogen) atoms. The molecule has 0 unspecified atom stereocenters. The fraction of sp³-hybridized carbons (Fsp3) is 0.320. The number of thiocarbonyl (C=S) groups is 1. The number of rotatable bonds is 10. The van der Waals surface area contributed by atoms with Crippen LogP contribution in [0.4, 0.5) is 4.39 Å². The normalized spacial score (nSPS) is 14.5. The molecule has 0 bridgehead atoms. The summed E-state index contributed by atoms with van der Waals surface area (Å²) in [6.07, 6.45) is 1.81. The van der Waals surface area contributed by atoms with Crippen molar-refractivity contribution in [2.24, 2.45) is 0 Å². The number of carbonyl (C=O) groups excluding carboxylic acids is 2. The number of carbonyl (C=O) groups is 2. The number of nitrogens with zero attached hydrogens (tertiary/aromatic N) is 3. The highest BCUT2D eigenvalue weighted by Gasteiger charge is 2.33. The number of nitriles is 1. The third kappa shape index (κ3) is 5.90. The molecule has 1 aliphatic heterocycles. The van der Waals surface area contributed by atoms with Gasteiger partial charge in [0, 0.05) is 32.7 Å². The average Bonchev–Trinajstić information content (AvgIpc) is 3.10. The first-order chi connectivity index (χ1) is 17.2. The first-order valence-electron chi connectivity index (χ1n) is 11.2. The molecule has 0 atom stereocenters. The van der Waals surface area contributed by atoms with Crippen LogP contribution >= 0.6 is 24.0 Å². The zero-order valence-electron chi connectivity index (χ0n) is 19.7. The van der Waals surface area contributed by atoms with Crippen molar-refractivity contribution >= 4 is 46.1 Å². The Morgan fingerprint density at radius 3 is 2.61 bits per heavy atom. The first kappa shape index (κ1) is 27.3. The van der Waals surface area contributed by atoms with Crippen LogP contribution in [0.5, 0.6) is 5.88 Å². The molecule has 1 saturated heterocycles. The summed E-state index contributed by atoms with van der Waals surface area (Å²) in [7, 11) is 0. The summed E-state index contributed by atoms with van der Waals surface area (Å²) in [6.45, 7) is 4.14. The van der Waals surface area contributed by atoms with E-state index in [4.69, 9.17) is 17.0 Å². The summed E-state index contributed by atoms with van der Waals surface area (Å²) in [5.74, 6) is -1.82. The largest absolute Gasteiger partial charge is 0.494 e. The highest BCUT2D eigenvalue weighted by atomic mass is 32.2. The monoisotopic (exact) mass is 529 g/mol. The zero-order chi connectivity index (χ0) is 26.4. The first-order valence-corrected chi connectivity index (χ1v) is 12.4. The molecule has 1 amide bonds. The molecular formula is C25H24FN3O5S2. The Morgan fingerprint density at radius 1 is 1.28 bits per heavy atom. The Morgan fingerprint density at radius 2 is 1.97 bits per heavy atom. The third-order valence-corrected chi connectivity index (χ3v) is 6.94. The number of ether oxygens (including phenoxy) is 1. The number of amides is 1. The molecule has 0 saturated carbocycles. The van der Waals surface area contributed by atoms with E-state index >= 15 is 0 Å². The van der Waals surface area contributed by atoms with Crippen LogP contribution in [0.1, 0.15) is 46.8 Å². The number of benzene rings is 1. The molecule has 188 valence electrons. The summed E-state index contributed by atoms with van der Waals surface area (Å²) in [5.41, 5.74) is -0.310. The van der Waals surface area contributed by atoms with E-state index in [2.05, 4.69) is 0 Å². The van der Waals surface area contributed by atoms with Gasteiger partial charge in [0.1, 0.15) is 21.8 Å². The molecular weight excluding hydrogens is 505 g/mol. The summed E-state index contributed by atoms with van der Waals surface area (Å²) < 4.78 is 19.7. The predicted molar refractivity (Wildman–Crippen MR) is 138 cm³/mol. The van der Waals surface area contributed by atoms with Crippen molar-refractivity contribution in [1.29, 1.82) is 5.26 Å². The SMILES string of the molecule is CCOCCCn1c(O)c(C(=O)CCN2C(=O)/C(=C/c3ccc(F)cc3)SC2=S)c(C)c(C#N)c1=O. The zero-order valence-corrected chi connectivity index (χ0v) is 21.4. The summed E-state index contributed by atoms with van der Waals surface area (Å²) in [5, 5.41) is 20.3. The highest BCUT2D eigenvalue weighted by molar-refractivity contribution is 8.26. The molecule has 2 aromatic rings. The fourth-order valence-electron chi connectivity index (χ4n) is 3.70. The Balaban J connectivity index is 1.80. The number of ketones is 1. The minimum absolute atomic E-state index is 0.0471. The van der Waals surface area contributed by atoms with Gasteiger partial charge in [-0.3, -0.25) is 23.9 Å². The standard InChI is InChI=1S/C25H24FN3O5S2/c1-3-34-12-4-10-28-22(31)18(14-27)15(2)21(24(28)33)19(30)9-11-29-23(32)20(36-25(29)35)13-16-5-7-17(26)8-6-16/h5-8,13,33H,3-4,9-12H2,1-2H3/b20-13-. The van der Waals surface area contributed by atoms with Crippen LogP contribution in [0, 0.1) is 24.1 Å². The van der Waals surface area contributed by atoms with Crippen molar-refractivity contribution in [3.05, 3.63) is 67.6 Å². The molecule has 2 heterocycles. The minimum atomic E-state index is -0.677. The second-order valence-corrected chi connectivity index (χ2v) is 9.55. The van der Waals surface area contributed by atoms with Gasteiger partial charge in [-0.15, -0.1) is 0 Å². The second kappa shape index (κ2) is 12.1. The van der Waals surface area contributed by atoms with Gasteiger partial charge in [-0.2, -0.15) is 5.26 Å². The van der Waals surface area contributed by atoms with E-state index in [1.165, 1.54) is 36.1 Å². The summed E-state index contributed by atoms with van der Waals surface area (Å²) in [6, 6.07) is 7.46. The van der Waals surface area contributed by atoms with Gasteiger partial charge in [0.05, 0.1) is 10.5 Å². The Labute approximate surface area is 217 Å². The van der Waals surface area contributed by atoms with Gasteiger partial charge >= 0.3 is 0 Å². The maximum absolute atomic E-state index is 13.1. The molecule has 11 heteroatoms. The van der Waals surface area contributed by atoms with E-state index in [1.54, 1.807) is 6.08 Å². The number of aromatic nitrogens is 1. The Kier molecular flexibility index (Phi) is 9.14. The van der Waals surface area contributed by atoms with Crippen molar-refractivity contribution in [1.82, 2.24) is 9.47 Å². The average molecular weight is 530 g/mol. The van der Waals surface area contributed by atoms with Crippen LogP contribution in [-0.2, 0) is 16.1 Å². The van der Waals surface area contributed by atoms with E-state index in [9.17, 15) is 29.1 Å². The van der Waals surface area contributed by atoms with Gasteiger partial charge in [0.15, 0.2) is 5.78 Å². The van der Waals surface area contributed by atoms with E-state index in [1.807, 2.05) is 13.0 Å². The van der Waals surface area contributed by atoms with Crippen molar-refractivity contribution in [3.8, 4) is 11.9 Å². The maximum Gasteiger partial charge on any atom is 0.271 e. The number of pyridine rings is 1. The van der Waals surface area contributed by atoms with Gasteiger partial charge in [0.2, 0.25) is 5.88 Å². The number of hydrogen-bond acceptors (Lipinski definition) is 8. The lowest BCUT2D eigenvalue weighted by molar-refractivity contribution is -0.122. The molecule has 1 N–H and O–H groups in total. The lowest BCUT2D eigenvalue weighted by atomic mass is 9.99. The Hall–Kier alpha value is -3.33. The molecule has 0 spiro atoms. The molecule has 1 aromatic heterocycles. The van der Waals surface area contributed by atoms with Crippen LogP contribution in [-0.4, -0.2) is 50.3 Å². The van der Waals surface area contributed by atoms with E-state index < -0.39 is 23.0 Å². The fourth-order valence-corrected chi connectivity index (χ4v) is 5.01. The maximum atomic E-state index is 13.1. The van der Waals surface area contributed by atoms with E-state index in [0.717, 1.165) is 16.3 Å². The molecule has 8 nitrogen and oxygen atoms in total. The van der Waals surface area contributed by atoms with Crippen molar-refractivity contribution in [2.45, 2.75) is 33.2 Å². The topological polar surface area (TPSA) is 113 Å². The molecule has 3 rings (SSSR count). The predicted octanol–water partition coefficient (Wildman–Crippen LogP) is 3.77. The van der Waals surface area contributed by atoms with E-state index in [-0.39, 0.29) is 46.4 Å². The van der Waals surface area contributed by atoms with Crippen LogP contribution in [0.15, 0.2) is 34.0 Å². The van der Waals surface area contributed by atoms with Gasteiger partial charge < -0.3 is 9.84 Å². The smallest absolute Gasteiger partial charge is 0.271 e. The number of halogens is 1. The second-order valence-electron chi connectivity index (χ2n) is 7.88. The van der Waals surface area contributed by atoms with Gasteiger partial charge in [-0.05, 0) is 49.6 Å². The van der Waals surface area contributed by atoms with Crippen molar-refractivity contribution in [2.75, 3.05) is 19.8 Å². The lowest BCUT2D eigenvalue weighted by Gasteiger charge is -2.17. The molecule has 1 aromatic carbocycles. The summed E-state index contributed by atoms with van der Waals surface area (Å²) >= 11 is 6.38. The van der Waals surface area contributed by atoms with Crippen LogP contribution in [0.25, 0.3) is 6.08 Å².